The summed E-state index contributed by atoms with van der Waals surface area (Å²) >= 11 is 6.17. The Labute approximate surface area is 172 Å². The highest BCUT2D eigenvalue weighted by Gasteiger charge is 2.28. The number of aromatic nitrogens is 1. The van der Waals surface area contributed by atoms with E-state index in [0.29, 0.717) is 34.5 Å². The third-order valence-corrected chi connectivity index (χ3v) is 5.27. The van der Waals surface area contributed by atoms with Gasteiger partial charge < -0.3 is 14.5 Å². The molecule has 1 aromatic heterocycles. The summed E-state index contributed by atoms with van der Waals surface area (Å²) in [7, 11) is 0. The van der Waals surface area contributed by atoms with Crippen LogP contribution in [-0.2, 0) is 6.61 Å². The Bertz CT molecular complexity index is 1270. The van der Waals surface area contributed by atoms with E-state index in [2.05, 4.69) is 4.98 Å². The van der Waals surface area contributed by atoms with E-state index < -0.39 is 0 Å². The van der Waals surface area contributed by atoms with E-state index in [1.165, 1.54) is 0 Å². The molecule has 1 aliphatic heterocycles. The number of carbonyl (C=O) groups excluding carboxylic acids is 1. The SMILES string of the molecule is O=C1C(=Cc2c[nH]c3ccccc23)Oc2cc(OCc3ccccc3Cl)ccc21. The Morgan fingerprint density at radius 2 is 1.86 bits per heavy atom. The van der Waals surface area contributed by atoms with Gasteiger partial charge in [0.25, 0.3) is 0 Å². The molecule has 0 atom stereocenters. The van der Waals surface area contributed by atoms with Crippen molar-refractivity contribution in [1.82, 2.24) is 4.98 Å². The lowest BCUT2D eigenvalue weighted by molar-refractivity contribution is 0.101. The summed E-state index contributed by atoms with van der Waals surface area (Å²) in [5.41, 5.74) is 3.34. The number of allylic oxidation sites excluding steroid dienone is 1. The number of rotatable bonds is 4. The van der Waals surface area contributed by atoms with E-state index in [4.69, 9.17) is 21.1 Å². The maximum Gasteiger partial charge on any atom is 0.231 e. The third-order valence-electron chi connectivity index (χ3n) is 4.90. The van der Waals surface area contributed by atoms with Crippen molar-refractivity contribution in [1.29, 1.82) is 0 Å². The Balaban J connectivity index is 1.39. The number of ether oxygens (including phenoxy) is 2. The Morgan fingerprint density at radius 3 is 2.76 bits per heavy atom. The highest BCUT2D eigenvalue weighted by atomic mass is 35.5. The van der Waals surface area contributed by atoms with Gasteiger partial charge in [-0.15, -0.1) is 0 Å². The molecule has 1 aliphatic rings. The summed E-state index contributed by atoms with van der Waals surface area (Å²) < 4.78 is 11.7. The molecule has 0 spiro atoms. The zero-order chi connectivity index (χ0) is 19.8. The lowest BCUT2D eigenvalue weighted by atomic mass is 10.1. The monoisotopic (exact) mass is 401 g/mol. The first-order valence-electron chi connectivity index (χ1n) is 9.20. The molecule has 5 heteroatoms. The van der Waals surface area contributed by atoms with Crippen molar-refractivity contribution >= 4 is 34.4 Å². The number of hydrogen-bond donors (Lipinski definition) is 1. The number of nitrogens with one attached hydrogen (secondary N) is 1. The number of aromatic amines is 1. The molecule has 0 unspecified atom stereocenters. The van der Waals surface area contributed by atoms with Crippen LogP contribution in [0.3, 0.4) is 0 Å². The van der Waals surface area contributed by atoms with Gasteiger partial charge in [-0.2, -0.15) is 0 Å². The fraction of sp³-hybridized carbons (Fsp3) is 0.0417. The van der Waals surface area contributed by atoms with Crippen LogP contribution >= 0.6 is 11.6 Å². The van der Waals surface area contributed by atoms with Gasteiger partial charge in [0.1, 0.15) is 18.1 Å². The highest BCUT2D eigenvalue weighted by Crippen LogP contribution is 2.36. The van der Waals surface area contributed by atoms with Crippen molar-refractivity contribution in [3.63, 3.8) is 0 Å². The predicted octanol–water partition coefficient (Wildman–Crippen LogP) is 6.02. The van der Waals surface area contributed by atoms with E-state index in [0.717, 1.165) is 22.0 Å². The number of halogens is 1. The number of hydrogen-bond acceptors (Lipinski definition) is 3. The molecule has 142 valence electrons. The summed E-state index contributed by atoms with van der Waals surface area (Å²) in [4.78, 5) is 15.9. The van der Waals surface area contributed by atoms with E-state index >= 15 is 0 Å². The van der Waals surface area contributed by atoms with Crippen LogP contribution in [0.5, 0.6) is 11.5 Å². The van der Waals surface area contributed by atoms with Crippen molar-refractivity contribution in [3.8, 4) is 11.5 Å². The fourth-order valence-electron chi connectivity index (χ4n) is 3.39. The molecule has 29 heavy (non-hydrogen) atoms. The predicted molar refractivity (Wildman–Crippen MR) is 113 cm³/mol. The molecular formula is C24H16ClNO3. The Kier molecular flexibility index (Phi) is 4.34. The molecule has 5 rings (SSSR count). The number of Topliss-reactive ketones (excluding diaryl/α,β-unsaturated/α-hetero) is 1. The lowest BCUT2D eigenvalue weighted by Crippen LogP contribution is -1.98. The molecule has 0 saturated carbocycles. The third kappa shape index (κ3) is 3.28. The number of ketones is 1. The largest absolute Gasteiger partial charge is 0.489 e. The molecule has 3 aromatic carbocycles. The second-order valence-corrected chi connectivity index (χ2v) is 7.17. The number of carbonyl (C=O) groups is 1. The molecule has 0 radical (unpaired) electrons. The molecular weight excluding hydrogens is 386 g/mol. The second kappa shape index (κ2) is 7.15. The minimum atomic E-state index is -0.136. The average molecular weight is 402 g/mol. The van der Waals surface area contributed by atoms with Crippen LogP contribution in [0.2, 0.25) is 5.02 Å². The maximum atomic E-state index is 12.7. The van der Waals surface area contributed by atoms with Crippen LogP contribution in [0.4, 0.5) is 0 Å². The van der Waals surface area contributed by atoms with Gasteiger partial charge in [0.15, 0.2) is 5.76 Å². The van der Waals surface area contributed by atoms with Gasteiger partial charge in [0, 0.05) is 39.3 Å². The maximum absolute atomic E-state index is 12.7. The van der Waals surface area contributed by atoms with Crippen molar-refractivity contribution in [2.24, 2.45) is 0 Å². The highest BCUT2D eigenvalue weighted by molar-refractivity contribution is 6.31. The van der Waals surface area contributed by atoms with Crippen LogP contribution in [0.25, 0.3) is 17.0 Å². The van der Waals surface area contributed by atoms with Crippen molar-refractivity contribution in [2.75, 3.05) is 0 Å². The topological polar surface area (TPSA) is 51.3 Å². The Morgan fingerprint density at radius 1 is 1.03 bits per heavy atom. The molecule has 0 fully saturated rings. The molecule has 0 aliphatic carbocycles. The minimum absolute atomic E-state index is 0.136. The van der Waals surface area contributed by atoms with Crippen molar-refractivity contribution < 1.29 is 14.3 Å². The first-order valence-corrected chi connectivity index (χ1v) is 9.57. The van der Waals surface area contributed by atoms with Crippen LogP contribution in [0.15, 0.2) is 78.7 Å². The normalized spacial score (nSPS) is 14.2. The van der Waals surface area contributed by atoms with E-state index in [-0.39, 0.29) is 5.78 Å². The minimum Gasteiger partial charge on any atom is -0.489 e. The van der Waals surface area contributed by atoms with Gasteiger partial charge in [0.2, 0.25) is 5.78 Å². The van der Waals surface area contributed by atoms with E-state index in [1.54, 1.807) is 24.3 Å². The van der Waals surface area contributed by atoms with Crippen LogP contribution in [0.1, 0.15) is 21.5 Å². The summed E-state index contributed by atoms with van der Waals surface area (Å²) in [5.74, 6) is 1.28. The van der Waals surface area contributed by atoms with Crippen molar-refractivity contribution in [2.45, 2.75) is 6.61 Å². The molecule has 4 nitrogen and oxygen atoms in total. The number of fused-ring (bicyclic) bond motifs is 2. The van der Waals surface area contributed by atoms with E-state index in [9.17, 15) is 4.79 Å². The summed E-state index contributed by atoms with van der Waals surface area (Å²) in [6.45, 7) is 0.338. The molecule has 0 bridgehead atoms. The van der Waals surface area contributed by atoms with Crippen molar-refractivity contribution in [3.05, 3.63) is 100 Å². The summed E-state index contributed by atoms with van der Waals surface area (Å²) in [6, 6.07) is 20.7. The number of benzene rings is 3. The molecule has 0 amide bonds. The summed E-state index contributed by atoms with van der Waals surface area (Å²) in [6.07, 6.45) is 3.64. The molecule has 1 N–H and O–H groups in total. The smallest absolute Gasteiger partial charge is 0.231 e. The quantitative estimate of drug-likeness (QED) is 0.425. The van der Waals surface area contributed by atoms with Gasteiger partial charge in [-0.25, -0.2) is 0 Å². The molecule has 4 aromatic rings. The van der Waals surface area contributed by atoms with Gasteiger partial charge in [-0.1, -0.05) is 48.0 Å². The number of H-pyrrole nitrogens is 1. The standard InChI is InChI=1S/C24H16ClNO3/c25-20-7-3-1-5-15(20)14-28-17-9-10-19-22(12-17)29-23(24(19)27)11-16-13-26-21-8-4-2-6-18(16)21/h1-13,26H,14H2. The number of para-hydroxylation sites is 1. The lowest BCUT2D eigenvalue weighted by Gasteiger charge is -2.08. The van der Waals surface area contributed by atoms with Crippen LogP contribution in [0, 0.1) is 0 Å². The first kappa shape index (κ1) is 17.6. The zero-order valence-electron chi connectivity index (χ0n) is 15.3. The van der Waals surface area contributed by atoms with E-state index in [1.807, 2.05) is 54.7 Å². The van der Waals surface area contributed by atoms with Crippen LogP contribution in [-0.4, -0.2) is 10.8 Å². The average Bonchev–Trinajstić information content (AvgIpc) is 3.29. The summed E-state index contributed by atoms with van der Waals surface area (Å²) in [5, 5.41) is 1.69. The van der Waals surface area contributed by atoms with Gasteiger partial charge in [0.05, 0.1) is 5.56 Å². The molecule has 2 heterocycles. The second-order valence-electron chi connectivity index (χ2n) is 6.77. The fourth-order valence-corrected chi connectivity index (χ4v) is 3.58. The first-order chi connectivity index (χ1) is 14.2. The van der Waals surface area contributed by atoms with Gasteiger partial charge in [-0.05, 0) is 30.3 Å². The van der Waals surface area contributed by atoms with Gasteiger partial charge >= 0.3 is 0 Å². The van der Waals surface area contributed by atoms with Crippen LogP contribution < -0.4 is 9.47 Å². The molecule has 0 saturated heterocycles. The zero-order valence-corrected chi connectivity index (χ0v) is 16.1. The van der Waals surface area contributed by atoms with Gasteiger partial charge in [-0.3, -0.25) is 4.79 Å². The Hall–Kier alpha value is -3.50.